The molecule has 0 radical (unpaired) electrons. The maximum atomic E-state index is 5.91. The standard InChI is InChI=1S/C22H23N5O/c1-16-19(23-22(28-16)18-7-3-2-4-8-18)15-26-13-10-17(11-14-26)21-25-24-20-9-5-6-12-27(20)21/h2-9,12,17H,10-11,13-15H2,1H3. The number of hydrogen-bond acceptors (Lipinski definition) is 5. The van der Waals surface area contributed by atoms with Gasteiger partial charge in [-0.3, -0.25) is 9.30 Å². The first-order valence-electron chi connectivity index (χ1n) is 9.81. The average Bonchev–Trinajstić information content (AvgIpc) is 3.33. The summed E-state index contributed by atoms with van der Waals surface area (Å²) >= 11 is 0. The zero-order chi connectivity index (χ0) is 18.9. The van der Waals surface area contributed by atoms with Crippen molar-refractivity contribution < 1.29 is 4.42 Å². The first-order valence-corrected chi connectivity index (χ1v) is 9.81. The number of nitrogens with zero attached hydrogens (tertiary/aromatic N) is 5. The van der Waals surface area contributed by atoms with Gasteiger partial charge in [-0.15, -0.1) is 10.2 Å². The first-order chi connectivity index (χ1) is 13.8. The van der Waals surface area contributed by atoms with Crippen LogP contribution >= 0.6 is 0 Å². The van der Waals surface area contributed by atoms with Crippen molar-refractivity contribution in [2.24, 2.45) is 0 Å². The van der Waals surface area contributed by atoms with Gasteiger partial charge in [0.15, 0.2) is 5.65 Å². The number of aryl methyl sites for hydroxylation is 1. The quantitative estimate of drug-likeness (QED) is 0.540. The van der Waals surface area contributed by atoms with Crippen LogP contribution in [0.15, 0.2) is 59.1 Å². The third-order valence-corrected chi connectivity index (χ3v) is 5.58. The van der Waals surface area contributed by atoms with Gasteiger partial charge in [0.25, 0.3) is 0 Å². The molecule has 3 aromatic heterocycles. The fourth-order valence-electron chi connectivity index (χ4n) is 3.98. The van der Waals surface area contributed by atoms with Crippen LogP contribution in [-0.4, -0.2) is 37.6 Å². The van der Waals surface area contributed by atoms with Crippen molar-refractivity contribution in [1.82, 2.24) is 24.5 Å². The van der Waals surface area contributed by atoms with Crippen molar-refractivity contribution >= 4 is 5.65 Å². The van der Waals surface area contributed by atoms with Crippen LogP contribution < -0.4 is 0 Å². The molecule has 0 aliphatic carbocycles. The van der Waals surface area contributed by atoms with E-state index in [1.807, 2.05) is 55.5 Å². The molecule has 0 spiro atoms. The molecule has 1 aliphatic heterocycles. The minimum Gasteiger partial charge on any atom is -0.441 e. The lowest BCUT2D eigenvalue weighted by Gasteiger charge is -2.30. The van der Waals surface area contributed by atoms with E-state index in [1.165, 1.54) is 0 Å². The van der Waals surface area contributed by atoms with Crippen LogP contribution in [0.25, 0.3) is 17.1 Å². The molecule has 1 aliphatic rings. The highest BCUT2D eigenvalue weighted by Gasteiger charge is 2.25. The molecule has 6 heteroatoms. The normalized spacial score (nSPS) is 16.0. The average molecular weight is 373 g/mol. The van der Waals surface area contributed by atoms with Crippen LogP contribution in [0.2, 0.25) is 0 Å². The summed E-state index contributed by atoms with van der Waals surface area (Å²) in [5.41, 5.74) is 2.98. The number of benzene rings is 1. The molecule has 0 bridgehead atoms. The summed E-state index contributed by atoms with van der Waals surface area (Å²) in [6.45, 7) is 4.89. The number of hydrogen-bond donors (Lipinski definition) is 0. The molecule has 142 valence electrons. The summed E-state index contributed by atoms with van der Waals surface area (Å²) in [5, 5.41) is 8.75. The summed E-state index contributed by atoms with van der Waals surface area (Å²) in [5.74, 6) is 3.15. The Bertz CT molecular complexity index is 1080. The number of piperidine rings is 1. The predicted molar refractivity (Wildman–Crippen MR) is 107 cm³/mol. The Morgan fingerprint density at radius 3 is 2.61 bits per heavy atom. The third-order valence-electron chi connectivity index (χ3n) is 5.58. The van der Waals surface area contributed by atoms with E-state index < -0.39 is 0 Å². The number of pyridine rings is 1. The molecule has 4 heterocycles. The van der Waals surface area contributed by atoms with E-state index in [1.54, 1.807) is 0 Å². The molecule has 0 saturated carbocycles. The molecule has 28 heavy (non-hydrogen) atoms. The molecule has 0 N–H and O–H groups in total. The summed E-state index contributed by atoms with van der Waals surface area (Å²) in [4.78, 5) is 7.21. The number of rotatable bonds is 4. The maximum Gasteiger partial charge on any atom is 0.226 e. The smallest absolute Gasteiger partial charge is 0.226 e. The van der Waals surface area contributed by atoms with Gasteiger partial charge in [0.1, 0.15) is 11.6 Å². The highest BCUT2D eigenvalue weighted by molar-refractivity contribution is 5.53. The topological polar surface area (TPSA) is 59.5 Å². The monoisotopic (exact) mass is 373 g/mol. The van der Waals surface area contributed by atoms with Gasteiger partial charge in [-0.2, -0.15) is 0 Å². The van der Waals surface area contributed by atoms with Crippen LogP contribution in [0.5, 0.6) is 0 Å². The summed E-state index contributed by atoms with van der Waals surface area (Å²) in [7, 11) is 0. The number of fused-ring (bicyclic) bond motifs is 1. The minimum atomic E-state index is 0.451. The number of likely N-dealkylation sites (tertiary alicyclic amines) is 1. The molecule has 0 atom stereocenters. The molecule has 6 nitrogen and oxygen atoms in total. The fraction of sp³-hybridized carbons (Fsp3) is 0.318. The van der Waals surface area contributed by atoms with Crippen LogP contribution in [0, 0.1) is 6.92 Å². The Hall–Kier alpha value is -2.99. The van der Waals surface area contributed by atoms with Crippen LogP contribution in [0.1, 0.15) is 36.0 Å². The first kappa shape index (κ1) is 17.1. The maximum absolute atomic E-state index is 5.91. The SMILES string of the molecule is Cc1oc(-c2ccccc2)nc1CN1CCC(c2nnc3ccccn23)CC1. The van der Waals surface area contributed by atoms with Gasteiger partial charge in [0.2, 0.25) is 5.89 Å². The lowest BCUT2D eigenvalue weighted by atomic mass is 9.96. The highest BCUT2D eigenvalue weighted by atomic mass is 16.4. The van der Waals surface area contributed by atoms with Gasteiger partial charge in [-0.1, -0.05) is 24.3 Å². The zero-order valence-electron chi connectivity index (χ0n) is 16.0. The van der Waals surface area contributed by atoms with Crippen LogP contribution in [0.3, 0.4) is 0 Å². The predicted octanol–water partition coefficient (Wildman–Crippen LogP) is 4.07. The van der Waals surface area contributed by atoms with Gasteiger partial charge in [-0.05, 0) is 57.1 Å². The van der Waals surface area contributed by atoms with Gasteiger partial charge in [0, 0.05) is 24.2 Å². The Morgan fingerprint density at radius 1 is 1.00 bits per heavy atom. The Balaban J connectivity index is 1.26. The molecule has 1 fully saturated rings. The highest BCUT2D eigenvalue weighted by Crippen LogP contribution is 2.29. The fourth-order valence-corrected chi connectivity index (χ4v) is 3.98. The Kier molecular flexibility index (Phi) is 4.41. The molecule has 4 aromatic rings. The van der Waals surface area contributed by atoms with Gasteiger partial charge in [-0.25, -0.2) is 4.98 Å². The van der Waals surface area contributed by atoms with E-state index in [9.17, 15) is 0 Å². The largest absolute Gasteiger partial charge is 0.441 e. The molecular weight excluding hydrogens is 350 g/mol. The summed E-state index contributed by atoms with van der Waals surface area (Å²) in [6.07, 6.45) is 4.22. The van der Waals surface area contributed by atoms with Crippen LogP contribution in [0.4, 0.5) is 0 Å². The Labute approximate surface area is 163 Å². The molecule has 1 saturated heterocycles. The third kappa shape index (κ3) is 3.20. The van der Waals surface area contributed by atoms with E-state index >= 15 is 0 Å². The number of oxazole rings is 1. The molecule has 1 aromatic carbocycles. The van der Waals surface area contributed by atoms with E-state index in [0.29, 0.717) is 11.8 Å². The van der Waals surface area contributed by atoms with E-state index in [4.69, 9.17) is 9.40 Å². The van der Waals surface area contributed by atoms with Crippen molar-refractivity contribution in [1.29, 1.82) is 0 Å². The van der Waals surface area contributed by atoms with Crippen LogP contribution in [-0.2, 0) is 6.54 Å². The van der Waals surface area contributed by atoms with Crippen molar-refractivity contribution in [3.63, 3.8) is 0 Å². The molecule has 0 unspecified atom stereocenters. The molecule has 5 rings (SSSR count). The van der Waals surface area contributed by atoms with Crippen molar-refractivity contribution in [3.05, 3.63) is 72.0 Å². The number of aromatic nitrogens is 4. The van der Waals surface area contributed by atoms with E-state index in [-0.39, 0.29) is 0 Å². The van der Waals surface area contributed by atoms with Crippen molar-refractivity contribution in [2.75, 3.05) is 13.1 Å². The van der Waals surface area contributed by atoms with E-state index in [2.05, 4.69) is 25.7 Å². The summed E-state index contributed by atoms with van der Waals surface area (Å²) in [6, 6.07) is 16.1. The lowest BCUT2D eigenvalue weighted by molar-refractivity contribution is 0.198. The van der Waals surface area contributed by atoms with Gasteiger partial charge < -0.3 is 4.42 Å². The lowest BCUT2D eigenvalue weighted by Crippen LogP contribution is -2.33. The van der Waals surface area contributed by atoms with E-state index in [0.717, 1.165) is 61.0 Å². The second kappa shape index (κ2) is 7.20. The van der Waals surface area contributed by atoms with Gasteiger partial charge >= 0.3 is 0 Å². The molecule has 0 amide bonds. The summed E-state index contributed by atoms with van der Waals surface area (Å²) < 4.78 is 8.03. The minimum absolute atomic E-state index is 0.451. The van der Waals surface area contributed by atoms with Crippen molar-refractivity contribution in [2.45, 2.75) is 32.2 Å². The molecular formula is C22H23N5O. The second-order valence-corrected chi connectivity index (χ2v) is 7.43. The second-order valence-electron chi connectivity index (χ2n) is 7.43. The van der Waals surface area contributed by atoms with Crippen molar-refractivity contribution in [3.8, 4) is 11.5 Å². The van der Waals surface area contributed by atoms with Gasteiger partial charge in [0.05, 0.1) is 5.69 Å². The zero-order valence-corrected chi connectivity index (χ0v) is 16.0. The Morgan fingerprint density at radius 2 is 1.79 bits per heavy atom.